The minimum Gasteiger partial charge on any atom is -0.452 e. The molecule has 210 valence electrons. The fraction of sp³-hybridized carbons (Fsp3) is 0.214. The van der Waals surface area contributed by atoms with Gasteiger partial charge in [0.05, 0.1) is 0 Å². The van der Waals surface area contributed by atoms with Crippen LogP contribution in [0.2, 0.25) is 0 Å². The number of para-hydroxylation sites is 1. The molecule has 0 radical (unpaired) electrons. The van der Waals surface area contributed by atoms with E-state index in [1.165, 1.54) is 48.7 Å². The number of hydrogen-bond acceptors (Lipinski definition) is 5. The molecule has 13 heteroatoms. The van der Waals surface area contributed by atoms with Crippen LogP contribution in [0.15, 0.2) is 65.6 Å². The maximum absolute atomic E-state index is 15.5. The lowest BCUT2D eigenvalue weighted by Crippen LogP contribution is -2.21. The molecule has 3 N–H and O–H groups in total. The Morgan fingerprint density at radius 2 is 1.78 bits per heavy atom. The Morgan fingerprint density at radius 3 is 2.44 bits per heavy atom. The third-order valence-electron chi connectivity index (χ3n) is 7.07. The molecule has 41 heavy (non-hydrogen) atoms. The summed E-state index contributed by atoms with van der Waals surface area (Å²) >= 11 is 0. The number of primary amides is 1. The van der Waals surface area contributed by atoms with Gasteiger partial charge in [-0.05, 0) is 43.2 Å². The van der Waals surface area contributed by atoms with E-state index in [-0.39, 0.29) is 40.3 Å². The molecule has 1 saturated carbocycles. The van der Waals surface area contributed by atoms with Crippen LogP contribution in [-0.4, -0.2) is 30.0 Å². The molecule has 1 fully saturated rings. The first-order valence-corrected chi connectivity index (χ1v) is 12.8. The molecule has 6 rings (SSSR count). The standard InChI is InChI=1S/C28H22F4N6O3/c29-18-14-15(26-35-21(24(33)39)23(28(30,31)32)38(26)17-6-2-1-3-7-17)10-11-19(18)41-20-12-13-34-25-22(20)37(27(40)36-25)16-8-4-5-9-16/h1-3,6-7,10-14,16H,4-5,8-9H2,(H2,33,39)(H,34,36,40). The lowest BCUT2D eigenvalue weighted by Gasteiger charge is -2.16. The molecule has 0 bridgehead atoms. The summed E-state index contributed by atoms with van der Waals surface area (Å²) < 4.78 is 66.1. The largest absolute Gasteiger partial charge is 0.452 e. The SMILES string of the molecule is NC(=O)c1nc(-c2ccc(Oc3ccnc4[nH]c(=O)n(C5CCCC5)c34)c(F)c2)n(-c2ccccc2)c1C(F)(F)F. The fourth-order valence-corrected chi connectivity index (χ4v) is 5.33. The maximum atomic E-state index is 15.5. The molecule has 1 amide bonds. The zero-order chi connectivity index (χ0) is 28.9. The molecule has 0 atom stereocenters. The van der Waals surface area contributed by atoms with Crippen molar-refractivity contribution in [3.8, 4) is 28.6 Å². The quantitative estimate of drug-likeness (QED) is 0.254. The second kappa shape index (κ2) is 9.91. The number of aromatic nitrogens is 5. The minimum absolute atomic E-state index is 0.0471. The number of rotatable bonds is 6. The topological polar surface area (TPSA) is 121 Å². The zero-order valence-corrected chi connectivity index (χ0v) is 21.3. The maximum Gasteiger partial charge on any atom is 0.434 e. The summed E-state index contributed by atoms with van der Waals surface area (Å²) in [5.74, 6) is -2.68. The van der Waals surface area contributed by atoms with Gasteiger partial charge in [-0.15, -0.1) is 0 Å². The van der Waals surface area contributed by atoms with Gasteiger partial charge in [0, 0.05) is 29.6 Å². The molecular weight excluding hydrogens is 544 g/mol. The summed E-state index contributed by atoms with van der Waals surface area (Å²) in [5.41, 5.74) is 3.23. The van der Waals surface area contributed by atoms with Crippen LogP contribution >= 0.6 is 0 Å². The smallest absolute Gasteiger partial charge is 0.434 e. The highest BCUT2D eigenvalue weighted by molar-refractivity contribution is 5.93. The van der Waals surface area contributed by atoms with E-state index in [1.807, 2.05) is 0 Å². The molecule has 9 nitrogen and oxygen atoms in total. The highest BCUT2D eigenvalue weighted by Gasteiger charge is 2.42. The number of nitrogens with zero attached hydrogens (tertiary/aromatic N) is 4. The molecule has 2 aromatic carbocycles. The number of pyridine rings is 1. The van der Waals surface area contributed by atoms with Crippen molar-refractivity contribution in [2.45, 2.75) is 37.9 Å². The van der Waals surface area contributed by atoms with E-state index >= 15 is 4.39 Å². The highest BCUT2D eigenvalue weighted by Crippen LogP contribution is 2.39. The van der Waals surface area contributed by atoms with Gasteiger partial charge in [-0.2, -0.15) is 13.2 Å². The predicted molar refractivity (Wildman–Crippen MR) is 140 cm³/mol. The van der Waals surface area contributed by atoms with Crippen LogP contribution < -0.4 is 16.2 Å². The van der Waals surface area contributed by atoms with E-state index in [0.717, 1.165) is 36.3 Å². The molecule has 3 aromatic heterocycles. The van der Waals surface area contributed by atoms with Crippen LogP contribution in [0.5, 0.6) is 11.5 Å². The summed E-state index contributed by atoms with van der Waals surface area (Å²) in [6.45, 7) is 0. The van der Waals surface area contributed by atoms with Crippen LogP contribution in [0.3, 0.4) is 0 Å². The predicted octanol–water partition coefficient (Wildman–Crippen LogP) is 5.74. The molecule has 0 unspecified atom stereocenters. The number of carbonyl (C=O) groups excluding carboxylic acids is 1. The minimum atomic E-state index is -4.99. The van der Waals surface area contributed by atoms with E-state index in [1.54, 1.807) is 10.6 Å². The number of hydrogen-bond donors (Lipinski definition) is 2. The van der Waals surface area contributed by atoms with Crippen LogP contribution in [-0.2, 0) is 6.18 Å². The number of benzene rings is 2. The van der Waals surface area contributed by atoms with E-state index in [2.05, 4.69) is 15.0 Å². The zero-order valence-electron chi connectivity index (χ0n) is 21.3. The molecule has 0 saturated heterocycles. The highest BCUT2D eigenvalue weighted by atomic mass is 19.4. The molecule has 0 aliphatic heterocycles. The summed E-state index contributed by atoms with van der Waals surface area (Å²) in [4.78, 5) is 35.5. The Labute approximate surface area is 229 Å². The first-order valence-electron chi connectivity index (χ1n) is 12.8. The monoisotopic (exact) mass is 566 g/mol. The van der Waals surface area contributed by atoms with Crippen molar-refractivity contribution in [1.82, 2.24) is 24.1 Å². The van der Waals surface area contributed by atoms with Crippen molar-refractivity contribution in [3.63, 3.8) is 0 Å². The van der Waals surface area contributed by atoms with Gasteiger partial charge in [-0.25, -0.2) is 19.2 Å². The molecule has 3 heterocycles. The molecule has 0 spiro atoms. The lowest BCUT2D eigenvalue weighted by atomic mass is 10.2. The number of H-pyrrole nitrogens is 1. The van der Waals surface area contributed by atoms with E-state index < -0.39 is 29.3 Å². The number of fused-ring (bicyclic) bond motifs is 1. The van der Waals surface area contributed by atoms with Gasteiger partial charge >= 0.3 is 11.9 Å². The number of halogens is 4. The van der Waals surface area contributed by atoms with Gasteiger partial charge in [0.2, 0.25) is 0 Å². The van der Waals surface area contributed by atoms with Crippen LogP contribution in [0.1, 0.15) is 47.9 Å². The number of ether oxygens (including phenoxy) is 1. The number of nitrogens with two attached hydrogens (primary N) is 1. The number of aromatic amines is 1. The number of imidazole rings is 2. The van der Waals surface area contributed by atoms with E-state index in [4.69, 9.17) is 10.5 Å². The van der Waals surface area contributed by atoms with E-state index in [9.17, 15) is 22.8 Å². The summed E-state index contributed by atoms with van der Waals surface area (Å²) in [7, 11) is 0. The summed E-state index contributed by atoms with van der Waals surface area (Å²) in [6, 6.07) is 12.4. The van der Waals surface area contributed by atoms with Crippen LogP contribution in [0.25, 0.3) is 28.2 Å². The number of amides is 1. The average Bonchev–Trinajstić information content (AvgIpc) is 3.67. The van der Waals surface area contributed by atoms with Crippen molar-refractivity contribution in [2.75, 3.05) is 0 Å². The van der Waals surface area contributed by atoms with Crippen molar-refractivity contribution < 1.29 is 27.1 Å². The normalized spacial score (nSPS) is 14.1. The van der Waals surface area contributed by atoms with E-state index in [0.29, 0.717) is 11.2 Å². The van der Waals surface area contributed by atoms with Gasteiger partial charge in [0.15, 0.2) is 34.4 Å². The average molecular weight is 567 g/mol. The molecule has 5 aromatic rings. The second-order valence-electron chi connectivity index (χ2n) is 9.66. The Bertz CT molecular complexity index is 1840. The van der Waals surface area contributed by atoms with Gasteiger partial charge in [-0.3, -0.25) is 18.9 Å². The van der Waals surface area contributed by atoms with Crippen molar-refractivity contribution in [1.29, 1.82) is 0 Å². The third-order valence-corrected chi connectivity index (χ3v) is 7.07. The third kappa shape index (κ3) is 4.62. The fourth-order valence-electron chi connectivity index (χ4n) is 5.33. The number of nitrogens with one attached hydrogen (secondary N) is 1. The number of alkyl halides is 3. The van der Waals surface area contributed by atoms with Gasteiger partial charge in [0.1, 0.15) is 11.3 Å². The van der Waals surface area contributed by atoms with Gasteiger partial charge < -0.3 is 10.5 Å². The molecular formula is C28H22F4N6O3. The Hall–Kier alpha value is -4.94. The molecule has 1 aliphatic rings. The van der Waals surface area contributed by atoms with Crippen molar-refractivity contribution >= 4 is 17.1 Å². The lowest BCUT2D eigenvalue weighted by molar-refractivity contribution is -0.142. The van der Waals surface area contributed by atoms with Crippen LogP contribution in [0, 0.1) is 5.82 Å². The molecule has 1 aliphatic carbocycles. The Balaban J connectivity index is 1.45. The van der Waals surface area contributed by atoms with Crippen molar-refractivity contribution in [2.24, 2.45) is 5.73 Å². The number of carbonyl (C=O) groups is 1. The Kier molecular flexibility index (Phi) is 6.36. The first-order chi connectivity index (χ1) is 19.6. The van der Waals surface area contributed by atoms with Gasteiger partial charge in [-0.1, -0.05) is 31.0 Å². The van der Waals surface area contributed by atoms with Crippen LogP contribution in [0.4, 0.5) is 17.6 Å². The summed E-state index contributed by atoms with van der Waals surface area (Å²) in [5, 5.41) is 0. The summed E-state index contributed by atoms with van der Waals surface area (Å²) in [6.07, 6.45) is -0.00674. The Morgan fingerprint density at radius 1 is 1.05 bits per heavy atom. The van der Waals surface area contributed by atoms with Gasteiger partial charge in [0.25, 0.3) is 5.91 Å². The second-order valence-corrected chi connectivity index (χ2v) is 9.66. The first kappa shape index (κ1) is 26.3. The van der Waals surface area contributed by atoms with Crippen molar-refractivity contribution in [3.05, 3.63) is 88.5 Å².